The molecule has 9 heteroatoms. The van der Waals surface area contributed by atoms with Crippen molar-refractivity contribution < 1.29 is 32.3 Å². The fraction of sp³-hybridized carbons (Fsp3) is 0.0952. The molecule has 0 saturated heterocycles. The Morgan fingerprint density at radius 1 is 1.03 bits per heavy atom. The van der Waals surface area contributed by atoms with Gasteiger partial charge in [-0.1, -0.05) is 12.1 Å². The molecule has 0 spiro atoms. The Bertz CT molecular complexity index is 1130. The van der Waals surface area contributed by atoms with Crippen LogP contribution in [0.2, 0.25) is 0 Å². The molecule has 4 rings (SSSR count). The van der Waals surface area contributed by atoms with Crippen LogP contribution in [0.3, 0.4) is 0 Å². The zero-order valence-electron chi connectivity index (χ0n) is 15.3. The van der Waals surface area contributed by atoms with E-state index in [1.165, 1.54) is 42.7 Å². The molecule has 1 aromatic heterocycles. The third kappa shape index (κ3) is 3.64. The number of halogens is 2. The molecule has 0 fully saturated rings. The quantitative estimate of drug-likeness (QED) is 0.620. The number of para-hydroxylation sites is 2. The molecule has 0 aliphatic carbocycles. The van der Waals surface area contributed by atoms with Crippen molar-refractivity contribution in [3.63, 3.8) is 0 Å². The number of hydrogen-bond acceptors (Lipinski definition) is 5. The number of alkyl halides is 2. The Labute approximate surface area is 168 Å². The van der Waals surface area contributed by atoms with Crippen LogP contribution in [0, 0.1) is 0 Å². The van der Waals surface area contributed by atoms with Crippen molar-refractivity contribution in [2.75, 3.05) is 5.32 Å². The fourth-order valence-corrected chi connectivity index (χ4v) is 3.10. The number of nitrogens with one attached hydrogen (secondary N) is 1. The smallest absolute Gasteiger partial charge is 0.387 e. The minimum absolute atomic E-state index is 0.0286. The van der Waals surface area contributed by atoms with Crippen LogP contribution in [0.5, 0.6) is 5.75 Å². The number of carbonyl (C=O) groups is 3. The third-order valence-corrected chi connectivity index (χ3v) is 4.48. The molecular weight excluding hydrogens is 398 g/mol. The van der Waals surface area contributed by atoms with Gasteiger partial charge in [-0.2, -0.15) is 8.78 Å². The predicted molar refractivity (Wildman–Crippen MR) is 100 cm³/mol. The number of furan rings is 1. The van der Waals surface area contributed by atoms with Crippen molar-refractivity contribution in [1.29, 1.82) is 0 Å². The Kier molecular flexibility index (Phi) is 5.01. The van der Waals surface area contributed by atoms with Gasteiger partial charge < -0.3 is 14.5 Å². The number of ether oxygens (including phenoxy) is 1. The SMILES string of the molecule is O=C(Nc1ccccc1OC(F)F)c1ccc2c(c1)C(=O)N(Cc1ccco1)C2=O. The zero-order valence-corrected chi connectivity index (χ0v) is 15.3. The lowest BCUT2D eigenvalue weighted by molar-refractivity contribution is -0.0493. The highest BCUT2D eigenvalue weighted by molar-refractivity contribution is 6.22. The Morgan fingerprint density at radius 2 is 1.80 bits per heavy atom. The number of benzene rings is 2. The van der Waals surface area contributed by atoms with E-state index in [-0.39, 0.29) is 34.7 Å². The van der Waals surface area contributed by atoms with Gasteiger partial charge in [-0.05, 0) is 42.5 Å². The van der Waals surface area contributed by atoms with Crippen molar-refractivity contribution in [2.24, 2.45) is 0 Å². The Hall–Kier alpha value is -4.01. The maximum Gasteiger partial charge on any atom is 0.387 e. The molecule has 1 aliphatic rings. The molecule has 0 unspecified atom stereocenters. The lowest BCUT2D eigenvalue weighted by Gasteiger charge is -2.12. The summed E-state index contributed by atoms with van der Waals surface area (Å²) in [7, 11) is 0. The van der Waals surface area contributed by atoms with E-state index in [1.54, 1.807) is 18.2 Å². The van der Waals surface area contributed by atoms with Crippen molar-refractivity contribution in [2.45, 2.75) is 13.2 Å². The molecule has 0 radical (unpaired) electrons. The number of carbonyl (C=O) groups excluding carboxylic acids is 3. The Morgan fingerprint density at radius 3 is 2.53 bits per heavy atom. The lowest BCUT2D eigenvalue weighted by atomic mass is 10.1. The maximum absolute atomic E-state index is 12.7. The number of rotatable bonds is 6. The van der Waals surface area contributed by atoms with E-state index in [9.17, 15) is 23.2 Å². The Balaban J connectivity index is 1.56. The number of amides is 3. The van der Waals surface area contributed by atoms with Gasteiger partial charge in [0, 0.05) is 5.56 Å². The van der Waals surface area contributed by atoms with Crippen molar-refractivity contribution in [3.05, 3.63) is 83.3 Å². The first kappa shape index (κ1) is 19.3. The predicted octanol–water partition coefficient (Wildman–Crippen LogP) is 3.93. The van der Waals surface area contributed by atoms with Gasteiger partial charge in [-0.25, -0.2) is 0 Å². The normalized spacial score (nSPS) is 13.0. The molecule has 3 amide bonds. The summed E-state index contributed by atoms with van der Waals surface area (Å²) < 4.78 is 34.7. The van der Waals surface area contributed by atoms with Gasteiger partial charge in [0.2, 0.25) is 0 Å². The van der Waals surface area contributed by atoms with Gasteiger partial charge >= 0.3 is 6.61 Å². The van der Waals surface area contributed by atoms with E-state index in [0.29, 0.717) is 5.76 Å². The molecular formula is C21H14F2N2O5. The van der Waals surface area contributed by atoms with E-state index in [0.717, 1.165) is 4.90 Å². The second kappa shape index (κ2) is 7.78. The fourth-order valence-electron chi connectivity index (χ4n) is 3.10. The molecule has 7 nitrogen and oxygen atoms in total. The summed E-state index contributed by atoms with van der Waals surface area (Å²) in [6.07, 6.45) is 1.44. The highest BCUT2D eigenvalue weighted by Crippen LogP contribution is 2.28. The molecule has 0 saturated carbocycles. The number of fused-ring (bicyclic) bond motifs is 1. The largest absolute Gasteiger partial charge is 0.467 e. The molecule has 1 N–H and O–H groups in total. The summed E-state index contributed by atoms with van der Waals surface area (Å²) in [6, 6.07) is 13.1. The standard InChI is InChI=1S/C21H14F2N2O5/c22-21(23)30-17-6-2-1-5-16(17)24-18(26)12-7-8-14-15(10-12)20(28)25(19(14)27)11-13-4-3-9-29-13/h1-10,21H,11H2,(H,24,26). The van der Waals surface area contributed by atoms with Crippen LogP contribution in [0.15, 0.2) is 65.3 Å². The van der Waals surface area contributed by atoms with Crippen molar-refractivity contribution in [3.8, 4) is 5.75 Å². The number of anilines is 1. The lowest BCUT2D eigenvalue weighted by Crippen LogP contribution is -2.28. The van der Waals surface area contributed by atoms with E-state index >= 15 is 0 Å². The second-order valence-electron chi connectivity index (χ2n) is 6.36. The molecule has 2 aromatic carbocycles. The van der Waals surface area contributed by atoms with Gasteiger partial charge in [-0.15, -0.1) is 0 Å². The summed E-state index contributed by atoms with van der Waals surface area (Å²) >= 11 is 0. The summed E-state index contributed by atoms with van der Waals surface area (Å²) in [4.78, 5) is 38.8. The van der Waals surface area contributed by atoms with Crippen molar-refractivity contribution >= 4 is 23.4 Å². The first-order valence-electron chi connectivity index (χ1n) is 8.82. The van der Waals surface area contributed by atoms with Gasteiger partial charge in [0.05, 0.1) is 29.6 Å². The number of hydrogen-bond donors (Lipinski definition) is 1. The maximum atomic E-state index is 12.7. The minimum Gasteiger partial charge on any atom is -0.467 e. The zero-order chi connectivity index (χ0) is 21.3. The minimum atomic E-state index is -3.05. The summed E-state index contributed by atoms with van der Waals surface area (Å²) in [5.74, 6) is -1.44. The van der Waals surface area contributed by atoms with E-state index in [4.69, 9.17) is 4.42 Å². The van der Waals surface area contributed by atoms with Crippen LogP contribution < -0.4 is 10.1 Å². The number of nitrogens with zero attached hydrogens (tertiary/aromatic N) is 1. The summed E-state index contributed by atoms with van der Waals surface area (Å²) in [5, 5.41) is 2.47. The molecule has 1 aliphatic heterocycles. The van der Waals surface area contributed by atoms with Crippen LogP contribution in [0.1, 0.15) is 36.8 Å². The van der Waals surface area contributed by atoms with Gasteiger partial charge in [0.25, 0.3) is 17.7 Å². The van der Waals surface area contributed by atoms with Crippen LogP contribution in [-0.4, -0.2) is 29.2 Å². The van der Waals surface area contributed by atoms with E-state index in [1.807, 2.05) is 0 Å². The highest BCUT2D eigenvalue weighted by Gasteiger charge is 2.36. The molecule has 152 valence electrons. The highest BCUT2D eigenvalue weighted by atomic mass is 19.3. The van der Waals surface area contributed by atoms with E-state index < -0.39 is 24.3 Å². The van der Waals surface area contributed by atoms with Gasteiger partial charge in [0.15, 0.2) is 0 Å². The third-order valence-electron chi connectivity index (χ3n) is 4.48. The van der Waals surface area contributed by atoms with E-state index in [2.05, 4.69) is 10.1 Å². The number of imide groups is 1. The van der Waals surface area contributed by atoms with Gasteiger partial charge in [0.1, 0.15) is 11.5 Å². The summed E-state index contributed by atoms with van der Waals surface area (Å²) in [5.41, 5.74) is 0.382. The van der Waals surface area contributed by atoms with Crippen LogP contribution in [0.4, 0.5) is 14.5 Å². The van der Waals surface area contributed by atoms with Crippen LogP contribution in [-0.2, 0) is 6.54 Å². The monoisotopic (exact) mass is 412 g/mol. The first-order valence-corrected chi connectivity index (χ1v) is 8.82. The second-order valence-corrected chi connectivity index (χ2v) is 6.36. The van der Waals surface area contributed by atoms with Crippen LogP contribution in [0.25, 0.3) is 0 Å². The molecule has 30 heavy (non-hydrogen) atoms. The average Bonchev–Trinajstić information content (AvgIpc) is 3.32. The molecule has 3 aromatic rings. The summed E-state index contributed by atoms with van der Waals surface area (Å²) in [6.45, 7) is -3.08. The topological polar surface area (TPSA) is 88.8 Å². The average molecular weight is 412 g/mol. The van der Waals surface area contributed by atoms with Gasteiger partial charge in [-0.3, -0.25) is 19.3 Å². The first-order chi connectivity index (χ1) is 14.4. The van der Waals surface area contributed by atoms with Crippen LogP contribution >= 0.6 is 0 Å². The van der Waals surface area contributed by atoms with Crippen molar-refractivity contribution in [1.82, 2.24) is 4.90 Å². The molecule has 0 bridgehead atoms. The molecule has 0 atom stereocenters. The molecule has 2 heterocycles.